The van der Waals surface area contributed by atoms with E-state index in [4.69, 9.17) is 0 Å². The van der Waals surface area contributed by atoms with Crippen LogP contribution in [0.4, 0.5) is 5.69 Å². The highest BCUT2D eigenvalue weighted by molar-refractivity contribution is 8.00. The first-order chi connectivity index (χ1) is 12.1. The number of carbonyl (C=O) groups excluding carboxylic acids is 1. The van der Waals surface area contributed by atoms with Crippen molar-refractivity contribution in [3.8, 4) is 0 Å². The van der Waals surface area contributed by atoms with Crippen LogP contribution in [-0.4, -0.2) is 25.8 Å². The van der Waals surface area contributed by atoms with E-state index in [0.29, 0.717) is 0 Å². The Morgan fingerprint density at radius 2 is 1.92 bits per heavy atom. The first-order valence-electron chi connectivity index (χ1n) is 7.89. The van der Waals surface area contributed by atoms with Crippen molar-refractivity contribution in [2.45, 2.75) is 24.3 Å². The van der Waals surface area contributed by atoms with Gasteiger partial charge in [-0.1, -0.05) is 53.4 Å². The molecule has 5 nitrogen and oxygen atoms in total. The van der Waals surface area contributed by atoms with E-state index in [-0.39, 0.29) is 11.2 Å². The fourth-order valence-electron chi connectivity index (χ4n) is 2.59. The molecule has 0 fully saturated rings. The fraction of sp³-hybridized carbons (Fsp3) is 0.167. The van der Waals surface area contributed by atoms with Gasteiger partial charge in [0.2, 0.25) is 10.9 Å². The Morgan fingerprint density at radius 3 is 2.76 bits per heavy atom. The molecule has 1 atom stereocenters. The molecule has 2 heterocycles. The van der Waals surface area contributed by atoms with E-state index >= 15 is 0 Å². The normalized spacial score (nSPS) is 12.6. The second-order valence-electron chi connectivity index (χ2n) is 5.73. The smallest absolute Gasteiger partial charge is 0.237 e. The lowest BCUT2D eigenvalue weighted by molar-refractivity contribution is -0.115. The molecule has 0 bridgehead atoms. The Kier molecular flexibility index (Phi) is 4.19. The summed E-state index contributed by atoms with van der Waals surface area (Å²) in [5.41, 5.74) is 2.95. The van der Waals surface area contributed by atoms with Crippen LogP contribution in [0.3, 0.4) is 0 Å². The van der Waals surface area contributed by atoms with Crippen LogP contribution in [0.2, 0.25) is 0 Å². The van der Waals surface area contributed by atoms with Gasteiger partial charge in [0.05, 0.1) is 15.5 Å². The quantitative estimate of drug-likeness (QED) is 0.543. The number of fused-ring (bicyclic) bond motifs is 3. The summed E-state index contributed by atoms with van der Waals surface area (Å²) >= 11 is 3.01. The molecule has 0 saturated heterocycles. The zero-order chi connectivity index (χ0) is 17.4. The molecular weight excluding hydrogens is 352 g/mol. The van der Waals surface area contributed by atoms with Crippen LogP contribution in [0.5, 0.6) is 0 Å². The van der Waals surface area contributed by atoms with E-state index in [1.165, 1.54) is 11.8 Å². The molecular formula is C18H16N4OS2. The van der Waals surface area contributed by atoms with E-state index in [1.807, 2.05) is 60.7 Å². The minimum atomic E-state index is -0.286. The van der Waals surface area contributed by atoms with Crippen molar-refractivity contribution in [1.29, 1.82) is 0 Å². The van der Waals surface area contributed by atoms with Crippen molar-refractivity contribution < 1.29 is 4.79 Å². The molecule has 4 aromatic rings. The summed E-state index contributed by atoms with van der Waals surface area (Å²) in [4.78, 5) is 13.4. The molecule has 0 unspecified atom stereocenters. The molecule has 0 saturated carbocycles. The highest BCUT2D eigenvalue weighted by Crippen LogP contribution is 2.31. The van der Waals surface area contributed by atoms with Crippen molar-refractivity contribution in [3.63, 3.8) is 0 Å². The van der Waals surface area contributed by atoms with Gasteiger partial charge in [0, 0.05) is 5.69 Å². The summed E-state index contributed by atoms with van der Waals surface area (Å²) in [5, 5.41) is 11.9. The minimum absolute atomic E-state index is 0.0458. The lowest BCUT2D eigenvalue weighted by Crippen LogP contribution is -2.23. The van der Waals surface area contributed by atoms with Gasteiger partial charge in [-0.2, -0.15) is 0 Å². The number of amides is 1. The molecule has 2 aromatic heterocycles. The number of aromatic nitrogens is 3. The number of hydrogen-bond donors (Lipinski definition) is 1. The number of anilines is 1. The van der Waals surface area contributed by atoms with Crippen molar-refractivity contribution >= 4 is 49.9 Å². The Bertz CT molecular complexity index is 1070. The van der Waals surface area contributed by atoms with Gasteiger partial charge in [-0.3, -0.25) is 9.20 Å². The van der Waals surface area contributed by atoms with E-state index < -0.39 is 0 Å². The third kappa shape index (κ3) is 3.01. The van der Waals surface area contributed by atoms with Gasteiger partial charge in [-0.15, -0.1) is 10.2 Å². The predicted molar refractivity (Wildman–Crippen MR) is 103 cm³/mol. The summed E-state index contributed by atoms with van der Waals surface area (Å²) in [5.74, 6) is -0.0458. The molecule has 0 aliphatic rings. The van der Waals surface area contributed by atoms with Gasteiger partial charge in [0.25, 0.3) is 0 Å². The number of thiazole rings is 1. The average molecular weight is 368 g/mol. The van der Waals surface area contributed by atoms with Crippen molar-refractivity contribution in [2.75, 3.05) is 5.32 Å². The van der Waals surface area contributed by atoms with Crippen LogP contribution in [0.25, 0.3) is 15.2 Å². The van der Waals surface area contributed by atoms with Crippen molar-refractivity contribution in [1.82, 2.24) is 14.6 Å². The number of carbonyl (C=O) groups is 1. The van der Waals surface area contributed by atoms with Gasteiger partial charge in [0.1, 0.15) is 0 Å². The van der Waals surface area contributed by atoms with Gasteiger partial charge < -0.3 is 5.32 Å². The van der Waals surface area contributed by atoms with E-state index in [1.54, 1.807) is 11.3 Å². The van der Waals surface area contributed by atoms with Gasteiger partial charge >= 0.3 is 0 Å². The first-order valence-corrected chi connectivity index (χ1v) is 9.59. The standard InChI is InChI=1S/C18H16N4OS2/c1-11-7-3-4-8-13(11)19-16(23)12(2)24-17-20-21-18-22(17)14-9-5-6-10-15(14)25-18/h3-10,12H,1-2H3,(H,19,23)/t12-/m0/s1. The van der Waals surface area contributed by atoms with Crippen LogP contribution in [0, 0.1) is 6.92 Å². The van der Waals surface area contributed by atoms with Crippen molar-refractivity contribution in [3.05, 3.63) is 54.1 Å². The molecule has 4 rings (SSSR count). The number of nitrogens with one attached hydrogen (secondary N) is 1. The Morgan fingerprint density at radius 1 is 1.16 bits per heavy atom. The van der Waals surface area contributed by atoms with Gasteiger partial charge in [0.15, 0.2) is 5.16 Å². The van der Waals surface area contributed by atoms with Crippen molar-refractivity contribution in [2.24, 2.45) is 0 Å². The molecule has 1 N–H and O–H groups in total. The zero-order valence-corrected chi connectivity index (χ0v) is 15.4. The van der Waals surface area contributed by atoms with Crippen LogP contribution in [0.15, 0.2) is 53.7 Å². The van der Waals surface area contributed by atoms with Gasteiger partial charge in [-0.05, 0) is 37.6 Å². The van der Waals surface area contributed by atoms with Crippen LogP contribution in [0.1, 0.15) is 12.5 Å². The molecule has 25 heavy (non-hydrogen) atoms. The lowest BCUT2D eigenvalue weighted by atomic mass is 10.2. The maximum atomic E-state index is 12.5. The lowest BCUT2D eigenvalue weighted by Gasteiger charge is -2.12. The summed E-state index contributed by atoms with van der Waals surface area (Å²) in [6.07, 6.45) is 0. The maximum Gasteiger partial charge on any atom is 0.237 e. The number of para-hydroxylation sites is 2. The molecule has 0 aliphatic heterocycles. The third-order valence-electron chi connectivity index (χ3n) is 3.97. The number of benzene rings is 2. The first kappa shape index (κ1) is 16.1. The highest BCUT2D eigenvalue weighted by Gasteiger charge is 2.20. The van der Waals surface area contributed by atoms with E-state index in [0.717, 1.165) is 31.6 Å². The highest BCUT2D eigenvalue weighted by atomic mass is 32.2. The molecule has 126 valence electrons. The largest absolute Gasteiger partial charge is 0.325 e. The average Bonchev–Trinajstić information content (AvgIpc) is 3.16. The molecule has 0 aliphatic carbocycles. The molecule has 2 aromatic carbocycles. The van der Waals surface area contributed by atoms with E-state index in [2.05, 4.69) is 21.6 Å². The zero-order valence-electron chi connectivity index (χ0n) is 13.8. The minimum Gasteiger partial charge on any atom is -0.325 e. The number of rotatable bonds is 4. The Balaban J connectivity index is 1.58. The summed E-state index contributed by atoms with van der Waals surface area (Å²) < 4.78 is 3.17. The third-order valence-corrected chi connectivity index (χ3v) is 6.02. The van der Waals surface area contributed by atoms with Gasteiger partial charge in [-0.25, -0.2) is 0 Å². The summed E-state index contributed by atoms with van der Waals surface area (Å²) in [6.45, 7) is 3.86. The summed E-state index contributed by atoms with van der Waals surface area (Å²) in [6, 6.07) is 15.9. The Labute approximate surface area is 153 Å². The van der Waals surface area contributed by atoms with Crippen LogP contribution >= 0.6 is 23.1 Å². The number of nitrogens with zero attached hydrogens (tertiary/aromatic N) is 3. The monoisotopic (exact) mass is 368 g/mol. The predicted octanol–water partition coefficient (Wildman–Crippen LogP) is 4.37. The van der Waals surface area contributed by atoms with Crippen LogP contribution < -0.4 is 5.32 Å². The Hall–Kier alpha value is -2.38. The molecule has 0 radical (unpaired) electrons. The topological polar surface area (TPSA) is 59.3 Å². The molecule has 1 amide bonds. The maximum absolute atomic E-state index is 12.5. The SMILES string of the molecule is Cc1ccccc1NC(=O)[C@H](C)Sc1nnc2sc3ccccc3n12. The number of thioether (sulfide) groups is 1. The molecule has 0 spiro atoms. The second-order valence-corrected chi connectivity index (χ2v) is 8.05. The van der Waals surface area contributed by atoms with Crippen LogP contribution in [-0.2, 0) is 4.79 Å². The number of hydrogen-bond acceptors (Lipinski definition) is 5. The summed E-state index contributed by atoms with van der Waals surface area (Å²) in [7, 11) is 0. The second kappa shape index (κ2) is 6.50. The number of aryl methyl sites for hydroxylation is 1. The van der Waals surface area contributed by atoms with E-state index in [9.17, 15) is 4.79 Å². The molecule has 7 heteroatoms. The fourth-order valence-corrected chi connectivity index (χ4v) is 4.47.